The van der Waals surface area contributed by atoms with Crippen molar-refractivity contribution < 1.29 is 32.9 Å². The highest BCUT2D eigenvalue weighted by Gasteiger charge is 2.24. The molecule has 7 nitrogen and oxygen atoms in total. The number of ketones is 1. The van der Waals surface area contributed by atoms with Gasteiger partial charge >= 0.3 is 7.82 Å². The van der Waals surface area contributed by atoms with Gasteiger partial charge in [-0.1, -0.05) is 83.8 Å². The van der Waals surface area contributed by atoms with Crippen LogP contribution in [0.3, 0.4) is 0 Å². The number of nitrogens with one attached hydrogen (secondary N) is 1. The first-order valence-corrected chi connectivity index (χ1v) is 16.9. The predicted molar refractivity (Wildman–Crippen MR) is 160 cm³/mol. The van der Waals surface area contributed by atoms with Crippen LogP contribution >= 0.6 is 7.82 Å². The number of benzene rings is 1. The molecule has 0 spiro atoms. The standard InChI is InChI=1S/C31H56NO6P/c1-5-7-8-9-10-11-12-13-14-15-23-36-31-20-18-28(19-21-31)25-29(26-30(33)17-6-2)27-38-39(34,35)37-24-16-22-32(3)4/h18-21,29H,5-17,22-27H2,1-4H3,(H,34,35)/p+1. The fraction of sp³-hybridized carbons (Fsp3) is 0.774. The lowest BCUT2D eigenvalue weighted by Crippen LogP contribution is -3.05. The maximum atomic E-state index is 12.3. The van der Waals surface area contributed by atoms with Crippen molar-refractivity contribution in [3.05, 3.63) is 29.8 Å². The Kier molecular flexibility index (Phi) is 20.6. The SMILES string of the molecule is CCCCCCCCCCCCOc1ccc(CC(COP(=O)(O)OCCC[NH+](C)C)CC(=O)CCC)cc1. The lowest BCUT2D eigenvalue weighted by atomic mass is 9.94. The van der Waals surface area contributed by atoms with E-state index in [2.05, 4.69) is 6.92 Å². The minimum atomic E-state index is -4.15. The van der Waals surface area contributed by atoms with Crippen molar-refractivity contribution in [3.8, 4) is 5.75 Å². The van der Waals surface area contributed by atoms with Gasteiger partial charge in [-0.2, -0.15) is 0 Å². The number of ether oxygens (including phenoxy) is 1. The molecule has 8 heteroatoms. The van der Waals surface area contributed by atoms with E-state index in [0.717, 1.165) is 37.3 Å². The lowest BCUT2D eigenvalue weighted by Gasteiger charge is -2.19. The van der Waals surface area contributed by atoms with Crippen LogP contribution < -0.4 is 9.64 Å². The Morgan fingerprint density at radius 2 is 1.46 bits per heavy atom. The average molecular weight is 571 g/mol. The van der Waals surface area contributed by atoms with Gasteiger partial charge in [-0.15, -0.1) is 0 Å². The zero-order valence-corrected chi connectivity index (χ0v) is 26.2. The molecule has 0 heterocycles. The summed E-state index contributed by atoms with van der Waals surface area (Å²) in [6.07, 6.45) is 15.9. The molecule has 0 radical (unpaired) electrons. The Morgan fingerprint density at radius 3 is 2.05 bits per heavy atom. The highest BCUT2D eigenvalue weighted by Crippen LogP contribution is 2.44. The van der Waals surface area contributed by atoms with Crippen LogP contribution in [0.2, 0.25) is 0 Å². The number of hydrogen-bond acceptors (Lipinski definition) is 5. The van der Waals surface area contributed by atoms with Gasteiger partial charge in [-0.05, 0) is 42.9 Å². The first-order chi connectivity index (χ1) is 18.8. The number of hydrogen-bond donors (Lipinski definition) is 2. The third kappa shape index (κ3) is 20.3. The smallest absolute Gasteiger partial charge is 0.472 e. The molecule has 0 aromatic heterocycles. The highest BCUT2D eigenvalue weighted by atomic mass is 31.2. The van der Waals surface area contributed by atoms with E-state index in [1.165, 1.54) is 62.7 Å². The van der Waals surface area contributed by atoms with Crippen molar-refractivity contribution >= 4 is 13.6 Å². The molecule has 0 bridgehead atoms. The summed E-state index contributed by atoms with van der Waals surface area (Å²) in [6, 6.07) is 7.93. The van der Waals surface area contributed by atoms with Gasteiger partial charge in [0, 0.05) is 19.3 Å². The predicted octanol–water partition coefficient (Wildman–Crippen LogP) is 6.57. The van der Waals surface area contributed by atoms with Crippen LogP contribution in [0.15, 0.2) is 24.3 Å². The molecule has 0 aliphatic carbocycles. The molecule has 1 aromatic carbocycles. The maximum Gasteiger partial charge on any atom is 0.472 e. The van der Waals surface area contributed by atoms with Crippen molar-refractivity contribution in [1.29, 1.82) is 0 Å². The first-order valence-electron chi connectivity index (χ1n) is 15.4. The largest absolute Gasteiger partial charge is 0.494 e. The molecule has 39 heavy (non-hydrogen) atoms. The molecule has 2 N–H and O–H groups in total. The molecule has 0 saturated carbocycles. The molecule has 2 unspecified atom stereocenters. The van der Waals surface area contributed by atoms with Crippen molar-refractivity contribution in [3.63, 3.8) is 0 Å². The van der Waals surface area contributed by atoms with Gasteiger partial charge in [-0.3, -0.25) is 13.8 Å². The van der Waals surface area contributed by atoms with Gasteiger partial charge in [0.05, 0.1) is 40.5 Å². The number of unbranched alkanes of at least 4 members (excludes halogenated alkanes) is 9. The van der Waals surface area contributed by atoms with Gasteiger partial charge < -0.3 is 14.5 Å². The van der Waals surface area contributed by atoms with Gasteiger partial charge in [-0.25, -0.2) is 4.57 Å². The van der Waals surface area contributed by atoms with E-state index >= 15 is 0 Å². The summed E-state index contributed by atoms with van der Waals surface area (Å²) in [5.74, 6) is 0.792. The molecular formula is C31H57NO6P+. The van der Waals surface area contributed by atoms with Gasteiger partial charge in [0.25, 0.3) is 0 Å². The van der Waals surface area contributed by atoms with Crippen LogP contribution in [0.1, 0.15) is 109 Å². The summed E-state index contributed by atoms with van der Waals surface area (Å²) >= 11 is 0. The molecule has 2 atom stereocenters. The second kappa shape index (κ2) is 22.4. The van der Waals surface area contributed by atoms with Gasteiger partial charge in [0.1, 0.15) is 11.5 Å². The van der Waals surface area contributed by atoms with Crippen LogP contribution in [0, 0.1) is 5.92 Å². The van der Waals surface area contributed by atoms with Crippen LogP contribution in [0.25, 0.3) is 0 Å². The summed E-state index contributed by atoms with van der Waals surface area (Å²) < 4.78 is 28.7. The van der Waals surface area contributed by atoms with E-state index in [1.54, 1.807) is 0 Å². The van der Waals surface area contributed by atoms with E-state index < -0.39 is 7.82 Å². The van der Waals surface area contributed by atoms with E-state index in [1.807, 2.05) is 45.3 Å². The number of Topliss-reactive ketones (excluding diaryl/α,β-unsaturated/α-hetero) is 1. The van der Waals surface area contributed by atoms with Crippen LogP contribution in [-0.4, -0.2) is 51.1 Å². The molecule has 0 fully saturated rings. The Hall–Kier alpha value is -1.24. The number of phosphoric acid groups is 1. The van der Waals surface area contributed by atoms with Crippen LogP contribution in [-0.2, 0) is 24.8 Å². The van der Waals surface area contributed by atoms with Crippen LogP contribution in [0.5, 0.6) is 5.75 Å². The topological polar surface area (TPSA) is 86.5 Å². The molecule has 0 saturated heterocycles. The third-order valence-electron chi connectivity index (χ3n) is 6.81. The van der Waals surface area contributed by atoms with E-state index in [0.29, 0.717) is 25.7 Å². The number of quaternary nitrogens is 1. The van der Waals surface area contributed by atoms with Crippen molar-refractivity contribution in [2.24, 2.45) is 5.92 Å². The maximum absolute atomic E-state index is 12.3. The monoisotopic (exact) mass is 570 g/mol. The normalized spacial score (nSPS) is 13.9. The average Bonchev–Trinajstić information content (AvgIpc) is 2.89. The first kappa shape index (κ1) is 35.8. The molecule has 226 valence electrons. The van der Waals surface area contributed by atoms with Gasteiger partial charge in [0.2, 0.25) is 0 Å². The zero-order chi connectivity index (χ0) is 28.8. The quantitative estimate of drug-likeness (QED) is 0.0968. The molecule has 0 aliphatic rings. The van der Waals surface area contributed by atoms with Crippen molar-refractivity contribution in [2.75, 3.05) is 40.5 Å². The summed E-state index contributed by atoms with van der Waals surface area (Å²) in [7, 11) is -0.113. The lowest BCUT2D eigenvalue weighted by molar-refractivity contribution is -0.858. The zero-order valence-electron chi connectivity index (χ0n) is 25.3. The van der Waals surface area contributed by atoms with Gasteiger partial charge in [0.15, 0.2) is 0 Å². The van der Waals surface area contributed by atoms with Crippen molar-refractivity contribution in [2.45, 2.75) is 110 Å². The summed E-state index contributed by atoms with van der Waals surface area (Å²) in [5.41, 5.74) is 1.04. The van der Waals surface area contributed by atoms with Crippen molar-refractivity contribution in [1.82, 2.24) is 0 Å². The van der Waals surface area contributed by atoms with E-state index in [9.17, 15) is 14.3 Å². The molecule has 1 aromatic rings. The highest BCUT2D eigenvalue weighted by molar-refractivity contribution is 7.47. The Balaban J connectivity index is 2.41. The molecular weight excluding hydrogens is 513 g/mol. The van der Waals surface area contributed by atoms with E-state index in [4.69, 9.17) is 13.8 Å². The van der Waals surface area contributed by atoms with Crippen LogP contribution in [0.4, 0.5) is 0 Å². The summed E-state index contributed by atoms with van der Waals surface area (Å²) in [4.78, 5) is 23.7. The number of rotatable bonds is 26. The number of carbonyl (C=O) groups excluding carboxylic acids is 1. The number of carbonyl (C=O) groups is 1. The van der Waals surface area contributed by atoms with E-state index in [-0.39, 0.29) is 24.9 Å². The Bertz CT molecular complexity index is 786. The minimum absolute atomic E-state index is 0.000839. The molecule has 0 amide bonds. The summed E-state index contributed by atoms with van der Waals surface area (Å²) in [6.45, 7) is 5.96. The fourth-order valence-corrected chi connectivity index (χ4v) is 5.40. The number of phosphoric ester groups is 1. The molecule has 0 aliphatic heterocycles. The summed E-state index contributed by atoms with van der Waals surface area (Å²) in [5, 5.41) is 0. The third-order valence-corrected chi connectivity index (χ3v) is 7.79. The molecule has 1 rings (SSSR count). The fourth-order valence-electron chi connectivity index (χ4n) is 4.57. The second-order valence-corrected chi connectivity index (χ2v) is 12.6. The minimum Gasteiger partial charge on any atom is -0.494 e. The Labute approximate surface area is 238 Å². The Morgan fingerprint density at radius 1 is 0.846 bits per heavy atom. The second-order valence-electron chi connectivity index (χ2n) is 11.1.